The first-order valence-electron chi connectivity index (χ1n) is 7.22. The quantitative estimate of drug-likeness (QED) is 0.547. The minimum atomic E-state index is 0.566. The highest BCUT2D eigenvalue weighted by atomic mass is 79.9. The van der Waals surface area contributed by atoms with Crippen LogP contribution < -0.4 is 0 Å². The number of aromatic nitrogens is 1. The van der Waals surface area contributed by atoms with E-state index in [1.54, 1.807) is 17.5 Å². The van der Waals surface area contributed by atoms with Crippen molar-refractivity contribution in [2.45, 2.75) is 19.6 Å². The first kappa shape index (κ1) is 17.6. The number of ether oxygens (including phenoxy) is 3. The van der Waals surface area contributed by atoms with Gasteiger partial charge in [-0.25, -0.2) is 4.98 Å². The SMILES string of the molecule is Brc1cnc(COCCCOCCOCc2ccccc2)s1. The predicted octanol–water partition coefficient (Wildman–Crippen LogP) is 4.05. The molecule has 0 saturated carbocycles. The van der Waals surface area contributed by atoms with Gasteiger partial charge in [0.1, 0.15) is 5.01 Å². The molecule has 0 aliphatic carbocycles. The standard InChI is InChI=1S/C16H20BrNO3S/c17-15-11-18-16(22-15)13-20-8-4-7-19-9-10-21-12-14-5-2-1-3-6-14/h1-3,5-6,11H,4,7-10,12-13H2. The van der Waals surface area contributed by atoms with Crippen LogP contribution in [0.4, 0.5) is 0 Å². The summed E-state index contributed by atoms with van der Waals surface area (Å²) in [5, 5.41) is 0.988. The van der Waals surface area contributed by atoms with Gasteiger partial charge in [0.15, 0.2) is 0 Å². The number of rotatable bonds is 11. The molecule has 0 amide bonds. The number of benzene rings is 1. The number of nitrogens with zero attached hydrogens (tertiary/aromatic N) is 1. The molecule has 2 rings (SSSR count). The Morgan fingerprint density at radius 3 is 2.41 bits per heavy atom. The molecule has 0 spiro atoms. The smallest absolute Gasteiger partial charge is 0.119 e. The molecule has 0 bridgehead atoms. The van der Waals surface area contributed by atoms with E-state index in [2.05, 4.69) is 33.0 Å². The summed E-state index contributed by atoms with van der Waals surface area (Å²) in [7, 11) is 0. The van der Waals surface area contributed by atoms with Gasteiger partial charge in [0.25, 0.3) is 0 Å². The Balaban J connectivity index is 1.37. The monoisotopic (exact) mass is 385 g/mol. The zero-order valence-corrected chi connectivity index (χ0v) is 14.8. The topological polar surface area (TPSA) is 40.6 Å². The van der Waals surface area contributed by atoms with Gasteiger partial charge in [-0.05, 0) is 27.9 Å². The molecule has 1 aromatic heterocycles. The fourth-order valence-electron chi connectivity index (χ4n) is 1.76. The Bertz CT molecular complexity index is 521. The molecule has 0 fully saturated rings. The number of halogens is 1. The third-order valence-corrected chi connectivity index (χ3v) is 4.26. The maximum Gasteiger partial charge on any atom is 0.119 e. The van der Waals surface area contributed by atoms with Crippen molar-refractivity contribution in [1.82, 2.24) is 4.98 Å². The first-order chi connectivity index (χ1) is 10.8. The second-order valence-electron chi connectivity index (χ2n) is 4.61. The molecule has 0 radical (unpaired) electrons. The molecular weight excluding hydrogens is 366 g/mol. The summed E-state index contributed by atoms with van der Waals surface area (Å²) in [5.74, 6) is 0. The average Bonchev–Trinajstić information content (AvgIpc) is 2.95. The Morgan fingerprint density at radius 2 is 1.64 bits per heavy atom. The van der Waals surface area contributed by atoms with Crippen molar-refractivity contribution in [2.75, 3.05) is 26.4 Å². The van der Waals surface area contributed by atoms with Crippen LogP contribution in [0.25, 0.3) is 0 Å². The zero-order valence-electron chi connectivity index (χ0n) is 12.4. The van der Waals surface area contributed by atoms with Gasteiger partial charge < -0.3 is 14.2 Å². The summed E-state index contributed by atoms with van der Waals surface area (Å²) < 4.78 is 17.6. The number of hydrogen-bond acceptors (Lipinski definition) is 5. The highest BCUT2D eigenvalue weighted by Crippen LogP contribution is 2.19. The number of hydrogen-bond donors (Lipinski definition) is 0. The Hall–Kier alpha value is -0.790. The molecule has 22 heavy (non-hydrogen) atoms. The normalized spacial score (nSPS) is 11.0. The van der Waals surface area contributed by atoms with Crippen molar-refractivity contribution in [3.63, 3.8) is 0 Å². The van der Waals surface area contributed by atoms with Crippen molar-refractivity contribution in [2.24, 2.45) is 0 Å². The summed E-state index contributed by atoms with van der Waals surface area (Å²) in [5.41, 5.74) is 1.18. The third-order valence-electron chi connectivity index (χ3n) is 2.81. The van der Waals surface area contributed by atoms with E-state index in [1.165, 1.54) is 5.56 Å². The van der Waals surface area contributed by atoms with Gasteiger partial charge in [0.2, 0.25) is 0 Å². The largest absolute Gasteiger partial charge is 0.379 e. The van der Waals surface area contributed by atoms with Crippen molar-refractivity contribution in [3.05, 3.63) is 50.9 Å². The van der Waals surface area contributed by atoms with Crippen molar-refractivity contribution < 1.29 is 14.2 Å². The number of thiazole rings is 1. The van der Waals surface area contributed by atoms with Gasteiger partial charge in [0, 0.05) is 13.2 Å². The zero-order chi connectivity index (χ0) is 15.5. The predicted molar refractivity (Wildman–Crippen MR) is 91.0 cm³/mol. The van der Waals surface area contributed by atoms with Crippen LogP contribution in [0.15, 0.2) is 40.3 Å². The lowest BCUT2D eigenvalue weighted by Gasteiger charge is -2.06. The molecule has 4 nitrogen and oxygen atoms in total. The Kier molecular flexibility index (Phi) is 8.67. The molecule has 6 heteroatoms. The molecule has 0 aliphatic heterocycles. The van der Waals surface area contributed by atoms with Gasteiger partial charge in [-0.1, -0.05) is 30.3 Å². The summed E-state index contributed by atoms with van der Waals surface area (Å²) in [6.45, 7) is 3.81. The summed E-state index contributed by atoms with van der Waals surface area (Å²) in [6.07, 6.45) is 2.67. The van der Waals surface area contributed by atoms with E-state index >= 15 is 0 Å². The fourth-order valence-corrected chi connectivity index (χ4v) is 3.00. The molecule has 0 aliphatic rings. The second-order valence-corrected chi connectivity index (χ2v) is 7.11. The third kappa shape index (κ3) is 7.47. The van der Waals surface area contributed by atoms with E-state index in [1.807, 2.05) is 18.2 Å². The molecule has 0 atom stereocenters. The van der Waals surface area contributed by atoms with Crippen LogP contribution in [-0.4, -0.2) is 31.4 Å². The van der Waals surface area contributed by atoms with Gasteiger partial charge in [-0.15, -0.1) is 11.3 Å². The minimum absolute atomic E-state index is 0.566. The molecule has 2 aromatic rings. The second kappa shape index (κ2) is 10.9. The van der Waals surface area contributed by atoms with E-state index < -0.39 is 0 Å². The van der Waals surface area contributed by atoms with Crippen LogP contribution in [0.5, 0.6) is 0 Å². The van der Waals surface area contributed by atoms with E-state index in [0.29, 0.717) is 39.6 Å². The average molecular weight is 386 g/mol. The lowest BCUT2D eigenvalue weighted by atomic mass is 10.2. The van der Waals surface area contributed by atoms with E-state index in [0.717, 1.165) is 15.2 Å². The van der Waals surface area contributed by atoms with Crippen LogP contribution in [0.1, 0.15) is 17.0 Å². The maximum atomic E-state index is 5.54. The Labute approximate surface area is 143 Å². The highest BCUT2D eigenvalue weighted by Gasteiger charge is 1.99. The molecule has 120 valence electrons. The van der Waals surface area contributed by atoms with Crippen LogP contribution in [-0.2, 0) is 27.4 Å². The van der Waals surface area contributed by atoms with Crippen LogP contribution in [0, 0.1) is 0 Å². The Morgan fingerprint density at radius 1 is 0.909 bits per heavy atom. The molecule has 0 unspecified atom stereocenters. The molecular formula is C16H20BrNO3S. The van der Waals surface area contributed by atoms with Gasteiger partial charge in [0.05, 0.1) is 36.4 Å². The first-order valence-corrected chi connectivity index (χ1v) is 8.83. The van der Waals surface area contributed by atoms with Crippen molar-refractivity contribution in [3.8, 4) is 0 Å². The van der Waals surface area contributed by atoms with Crippen LogP contribution in [0.2, 0.25) is 0 Å². The van der Waals surface area contributed by atoms with Gasteiger partial charge >= 0.3 is 0 Å². The van der Waals surface area contributed by atoms with E-state index in [4.69, 9.17) is 14.2 Å². The van der Waals surface area contributed by atoms with Crippen molar-refractivity contribution in [1.29, 1.82) is 0 Å². The fraction of sp³-hybridized carbons (Fsp3) is 0.438. The highest BCUT2D eigenvalue weighted by molar-refractivity contribution is 9.11. The molecule has 0 N–H and O–H groups in total. The summed E-state index contributed by atoms with van der Waals surface area (Å²) in [4.78, 5) is 4.21. The summed E-state index contributed by atoms with van der Waals surface area (Å²) >= 11 is 4.98. The van der Waals surface area contributed by atoms with E-state index in [-0.39, 0.29) is 0 Å². The van der Waals surface area contributed by atoms with Crippen LogP contribution in [0.3, 0.4) is 0 Å². The van der Waals surface area contributed by atoms with Crippen LogP contribution >= 0.6 is 27.3 Å². The molecule has 1 aromatic carbocycles. The molecule has 0 saturated heterocycles. The van der Waals surface area contributed by atoms with E-state index in [9.17, 15) is 0 Å². The molecule has 1 heterocycles. The lowest BCUT2D eigenvalue weighted by Crippen LogP contribution is -2.07. The van der Waals surface area contributed by atoms with Gasteiger partial charge in [-0.3, -0.25) is 0 Å². The van der Waals surface area contributed by atoms with Gasteiger partial charge in [-0.2, -0.15) is 0 Å². The maximum absolute atomic E-state index is 5.54. The lowest BCUT2D eigenvalue weighted by molar-refractivity contribution is 0.0285. The summed E-state index contributed by atoms with van der Waals surface area (Å²) in [6, 6.07) is 10.1. The minimum Gasteiger partial charge on any atom is -0.379 e. The van der Waals surface area contributed by atoms with Crippen molar-refractivity contribution >= 4 is 27.3 Å².